The Morgan fingerprint density at radius 1 is 1.47 bits per heavy atom. The molecule has 100 valence electrons. The van der Waals surface area contributed by atoms with Crippen LogP contribution < -0.4 is 5.73 Å². The highest BCUT2D eigenvalue weighted by Gasteiger charge is 2.27. The quantitative estimate of drug-likeness (QED) is 0.770. The van der Waals surface area contributed by atoms with Gasteiger partial charge in [-0.3, -0.25) is 4.79 Å². The number of aliphatic carboxylic acids is 1. The molecule has 17 heavy (non-hydrogen) atoms. The Bertz CT molecular complexity index is 254. The van der Waals surface area contributed by atoms with E-state index in [1.807, 2.05) is 0 Å². The number of carboxylic acid groups (broad SMARTS) is 1. The van der Waals surface area contributed by atoms with Gasteiger partial charge in [-0.1, -0.05) is 6.92 Å². The molecule has 4 nitrogen and oxygen atoms in total. The van der Waals surface area contributed by atoms with E-state index in [4.69, 9.17) is 10.8 Å². The summed E-state index contributed by atoms with van der Waals surface area (Å²) in [6.07, 6.45) is 5.26. The van der Waals surface area contributed by atoms with Gasteiger partial charge in [-0.05, 0) is 64.6 Å². The van der Waals surface area contributed by atoms with Crippen molar-refractivity contribution in [2.24, 2.45) is 11.7 Å². The zero-order valence-electron chi connectivity index (χ0n) is 11.1. The molecule has 1 fully saturated rings. The number of likely N-dealkylation sites (tertiary alicyclic amines) is 1. The van der Waals surface area contributed by atoms with E-state index in [2.05, 4.69) is 11.8 Å². The summed E-state index contributed by atoms with van der Waals surface area (Å²) in [6, 6.07) is 0. The fourth-order valence-corrected chi connectivity index (χ4v) is 2.32. The van der Waals surface area contributed by atoms with E-state index < -0.39 is 11.5 Å². The minimum atomic E-state index is -1.07. The van der Waals surface area contributed by atoms with Crippen LogP contribution in [0.2, 0.25) is 0 Å². The highest BCUT2D eigenvalue weighted by atomic mass is 16.4. The average Bonchev–Trinajstić information content (AvgIpc) is 2.43. The first-order valence-corrected chi connectivity index (χ1v) is 6.66. The van der Waals surface area contributed by atoms with Gasteiger partial charge in [0.05, 0.1) is 0 Å². The summed E-state index contributed by atoms with van der Waals surface area (Å²) in [5.74, 6) is -0.0687. The lowest BCUT2D eigenvalue weighted by molar-refractivity contribution is -0.142. The van der Waals surface area contributed by atoms with Crippen LogP contribution in [0.5, 0.6) is 0 Å². The highest BCUT2D eigenvalue weighted by Crippen LogP contribution is 2.17. The third-order valence-electron chi connectivity index (χ3n) is 3.77. The Hall–Kier alpha value is -0.610. The molecule has 1 aliphatic rings. The third-order valence-corrected chi connectivity index (χ3v) is 3.77. The first-order valence-electron chi connectivity index (χ1n) is 6.66. The van der Waals surface area contributed by atoms with E-state index in [9.17, 15) is 4.79 Å². The molecule has 0 aromatic carbocycles. The Morgan fingerprint density at radius 3 is 2.82 bits per heavy atom. The second-order valence-electron chi connectivity index (χ2n) is 5.70. The van der Waals surface area contributed by atoms with Crippen molar-refractivity contribution >= 4 is 5.97 Å². The molecular weight excluding hydrogens is 216 g/mol. The van der Waals surface area contributed by atoms with Crippen LogP contribution in [0.3, 0.4) is 0 Å². The SMILES string of the molecule is CC1CCCN(CCCC(C)(N)C(=O)O)CC1. The number of nitrogens with two attached hydrogens (primary N) is 1. The molecule has 0 saturated carbocycles. The standard InChI is InChI=1S/C13H26N2O2/c1-11-5-3-8-15(10-6-11)9-4-7-13(2,14)12(16)17/h11H,3-10,14H2,1-2H3,(H,16,17). The van der Waals surface area contributed by atoms with Crippen LogP contribution in [0.1, 0.15) is 46.0 Å². The lowest BCUT2D eigenvalue weighted by atomic mass is 9.97. The van der Waals surface area contributed by atoms with E-state index >= 15 is 0 Å². The second kappa shape index (κ2) is 6.36. The minimum Gasteiger partial charge on any atom is -0.480 e. The average molecular weight is 242 g/mol. The van der Waals surface area contributed by atoms with Crippen LogP contribution in [0.25, 0.3) is 0 Å². The minimum absolute atomic E-state index is 0.550. The van der Waals surface area contributed by atoms with E-state index in [0.29, 0.717) is 6.42 Å². The molecule has 0 aliphatic carbocycles. The predicted octanol–water partition coefficient (Wildman–Crippen LogP) is 1.69. The second-order valence-corrected chi connectivity index (χ2v) is 5.70. The zero-order chi connectivity index (χ0) is 12.9. The molecule has 0 bridgehead atoms. The molecule has 0 spiro atoms. The van der Waals surface area contributed by atoms with E-state index in [0.717, 1.165) is 32.0 Å². The summed E-state index contributed by atoms with van der Waals surface area (Å²) in [4.78, 5) is 13.3. The summed E-state index contributed by atoms with van der Waals surface area (Å²) in [5, 5.41) is 8.92. The summed E-state index contributed by atoms with van der Waals surface area (Å²) in [5.41, 5.74) is 4.64. The van der Waals surface area contributed by atoms with Crippen LogP contribution in [-0.4, -0.2) is 41.1 Å². The summed E-state index contributed by atoms with van der Waals surface area (Å²) >= 11 is 0. The number of rotatable bonds is 5. The molecule has 1 saturated heterocycles. The lowest BCUT2D eigenvalue weighted by Crippen LogP contribution is -2.45. The van der Waals surface area contributed by atoms with Crippen molar-refractivity contribution in [3.8, 4) is 0 Å². The van der Waals surface area contributed by atoms with Crippen LogP contribution in [0.15, 0.2) is 0 Å². The van der Waals surface area contributed by atoms with Crippen LogP contribution in [0, 0.1) is 5.92 Å². The molecule has 0 radical (unpaired) electrons. The fraction of sp³-hybridized carbons (Fsp3) is 0.923. The number of carboxylic acids is 1. The van der Waals surface area contributed by atoms with Crippen molar-refractivity contribution in [1.82, 2.24) is 4.90 Å². The van der Waals surface area contributed by atoms with E-state index in [-0.39, 0.29) is 0 Å². The van der Waals surface area contributed by atoms with Crippen LogP contribution in [0.4, 0.5) is 0 Å². The van der Waals surface area contributed by atoms with Crippen molar-refractivity contribution in [3.05, 3.63) is 0 Å². The van der Waals surface area contributed by atoms with Gasteiger partial charge < -0.3 is 15.7 Å². The largest absolute Gasteiger partial charge is 0.480 e. The number of carbonyl (C=O) groups is 1. The van der Waals surface area contributed by atoms with E-state index in [1.165, 1.54) is 19.3 Å². The molecule has 1 heterocycles. The Balaban J connectivity index is 2.24. The Labute approximate surface area is 104 Å². The van der Waals surface area contributed by atoms with Crippen molar-refractivity contribution in [1.29, 1.82) is 0 Å². The maximum absolute atomic E-state index is 10.9. The van der Waals surface area contributed by atoms with Gasteiger partial charge in [0.25, 0.3) is 0 Å². The molecule has 1 aliphatic heterocycles. The molecule has 4 heteroatoms. The van der Waals surface area contributed by atoms with Crippen LogP contribution >= 0.6 is 0 Å². The van der Waals surface area contributed by atoms with Gasteiger partial charge in [-0.25, -0.2) is 0 Å². The van der Waals surface area contributed by atoms with Gasteiger partial charge in [0.2, 0.25) is 0 Å². The number of hydrogen-bond donors (Lipinski definition) is 2. The maximum atomic E-state index is 10.9. The monoisotopic (exact) mass is 242 g/mol. The zero-order valence-corrected chi connectivity index (χ0v) is 11.1. The molecule has 3 N–H and O–H groups in total. The first kappa shape index (κ1) is 14.5. The molecule has 1 rings (SSSR count). The smallest absolute Gasteiger partial charge is 0.323 e. The molecule has 0 amide bonds. The fourth-order valence-electron chi connectivity index (χ4n) is 2.32. The summed E-state index contributed by atoms with van der Waals surface area (Å²) in [7, 11) is 0. The molecule has 2 atom stereocenters. The normalized spacial score (nSPS) is 26.2. The first-order chi connectivity index (χ1) is 7.92. The van der Waals surface area contributed by atoms with Crippen LogP contribution in [-0.2, 0) is 4.79 Å². The summed E-state index contributed by atoms with van der Waals surface area (Å²) < 4.78 is 0. The number of hydrogen-bond acceptors (Lipinski definition) is 3. The van der Waals surface area contributed by atoms with Crippen molar-refractivity contribution < 1.29 is 9.90 Å². The molecular formula is C13H26N2O2. The molecule has 2 unspecified atom stereocenters. The van der Waals surface area contributed by atoms with Crippen molar-refractivity contribution in [2.45, 2.75) is 51.5 Å². The van der Waals surface area contributed by atoms with Gasteiger partial charge in [-0.15, -0.1) is 0 Å². The predicted molar refractivity (Wildman–Crippen MR) is 68.9 cm³/mol. The van der Waals surface area contributed by atoms with Gasteiger partial charge in [0, 0.05) is 0 Å². The van der Waals surface area contributed by atoms with Gasteiger partial charge in [-0.2, -0.15) is 0 Å². The van der Waals surface area contributed by atoms with Gasteiger partial charge in [0.1, 0.15) is 5.54 Å². The van der Waals surface area contributed by atoms with Crippen molar-refractivity contribution in [2.75, 3.05) is 19.6 Å². The highest BCUT2D eigenvalue weighted by molar-refractivity contribution is 5.77. The van der Waals surface area contributed by atoms with Gasteiger partial charge in [0.15, 0.2) is 0 Å². The molecule has 0 aromatic heterocycles. The number of nitrogens with zero attached hydrogens (tertiary/aromatic N) is 1. The topological polar surface area (TPSA) is 66.6 Å². The third kappa shape index (κ3) is 5.04. The Kier molecular flexibility index (Phi) is 5.40. The summed E-state index contributed by atoms with van der Waals surface area (Å²) in [6.45, 7) is 7.19. The lowest BCUT2D eigenvalue weighted by Gasteiger charge is -2.23. The Morgan fingerprint density at radius 2 is 2.18 bits per heavy atom. The van der Waals surface area contributed by atoms with E-state index in [1.54, 1.807) is 6.92 Å². The maximum Gasteiger partial charge on any atom is 0.323 e. The van der Waals surface area contributed by atoms with Crippen molar-refractivity contribution in [3.63, 3.8) is 0 Å². The van der Waals surface area contributed by atoms with Gasteiger partial charge >= 0.3 is 5.97 Å². The molecule has 0 aromatic rings.